The van der Waals surface area contributed by atoms with Gasteiger partial charge in [-0.25, -0.2) is 0 Å². The Kier molecular flexibility index (Phi) is 3.81. The van der Waals surface area contributed by atoms with E-state index in [4.69, 9.17) is 4.74 Å². The van der Waals surface area contributed by atoms with E-state index >= 15 is 0 Å². The van der Waals surface area contributed by atoms with Gasteiger partial charge in [-0.3, -0.25) is 4.79 Å². The van der Waals surface area contributed by atoms with E-state index in [1.807, 2.05) is 13.0 Å². The molecule has 120 valence electrons. The molecule has 0 spiro atoms. The first-order valence-corrected chi connectivity index (χ1v) is 8.58. The van der Waals surface area contributed by atoms with Crippen molar-refractivity contribution >= 4 is 16.7 Å². The molecule has 1 atom stereocenters. The van der Waals surface area contributed by atoms with Crippen molar-refractivity contribution in [1.29, 1.82) is 0 Å². The van der Waals surface area contributed by atoms with Crippen LogP contribution in [0.1, 0.15) is 42.4 Å². The summed E-state index contributed by atoms with van der Waals surface area (Å²) in [6, 6.07) is 21.0. The number of esters is 1. The van der Waals surface area contributed by atoms with Crippen molar-refractivity contribution in [2.24, 2.45) is 0 Å². The fraction of sp³-hybridized carbons (Fsp3) is 0.227. The van der Waals surface area contributed by atoms with Gasteiger partial charge in [-0.1, -0.05) is 61.5 Å². The predicted octanol–water partition coefficient (Wildman–Crippen LogP) is 5.23. The molecule has 1 aliphatic rings. The Labute approximate surface area is 142 Å². The molecule has 3 aromatic carbocycles. The van der Waals surface area contributed by atoms with Gasteiger partial charge in [0.1, 0.15) is 5.75 Å². The molecule has 1 unspecified atom stereocenters. The average Bonchev–Trinajstić information content (AvgIpc) is 2.99. The first-order chi connectivity index (χ1) is 11.8. The van der Waals surface area contributed by atoms with E-state index in [2.05, 4.69) is 54.6 Å². The van der Waals surface area contributed by atoms with E-state index in [9.17, 15) is 4.79 Å². The normalized spacial score (nSPS) is 15.6. The molecule has 0 fully saturated rings. The molecular weight excluding hydrogens is 296 g/mol. The summed E-state index contributed by atoms with van der Waals surface area (Å²) in [5.41, 5.74) is 4.01. The monoisotopic (exact) mass is 316 g/mol. The summed E-state index contributed by atoms with van der Waals surface area (Å²) in [5, 5.41) is 2.31. The third-order valence-corrected chi connectivity index (χ3v) is 4.80. The maximum Gasteiger partial charge on any atom is 0.311 e. The van der Waals surface area contributed by atoms with Crippen molar-refractivity contribution in [3.63, 3.8) is 0 Å². The van der Waals surface area contributed by atoms with Crippen molar-refractivity contribution in [3.8, 4) is 5.75 Å². The molecule has 0 aromatic heterocycles. The molecule has 0 radical (unpaired) electrons. The maximum absolute atomic E-state index is 11.9. The van der Waals surface area contributed by atoms with E-state index in [0.29, 0.717) is 18.1 Å². The summed E-state index contributed by atoms with van der Waals surface area (Å²) in [4.78, 5) is 11.9. The molecule has 0 N–H and O–H groups in total. The molecule has 4 rings (SSSR count). The Hall–Kier alpha value is -2.61. The fourth-order valence-corrected chi connectivity index (χ4v) is 3.72. The van der Waals surface area contributed by atoms with Crippen LogP contribution in [-0.4, -0.2) is 5.97 Å². The van der Waals surface area contributed by atoms with Crippen molar-refractivity contribution in [3.05, 3.63) is 77.4 Å². The Morgan fingerprint density at radius 3 is 2.67 bits per heavy atom. The van der Waals surface area contributed by atoms with Crippen molar-refractivity contribution < 1.29 is 9.53 Å². The second-order valence-electron chi connectivity index (χ2n) is 6.38. The van der Waals surface area contributed by atoms with Gasteiger partial charge in [-0.15, -0.1) is 0 Å². The number of carbonyl (C=O) groups excluding carboxylic acids is 1. The first kappa shape index (κ1) is 14.9. The highest BCUT2D eigenvalue weighted by molar-refractivity contribution is 5.97. The van der Waals surface area contributed by atoms with Gasteiger partial charge in [-0.05, 0) is 41.0 Å². The van der Waals surface area contributed by atoms with Gasteiger partial charge in [0.25, 0.3) is 0 Å². The van der Waals surface area contributed by atoms with Crippen LogP contribution in [0.2, 0.25) is 0 Å². The lowest BCUT2D eigenvalue weighted by Crippen LogP contribution is -2.07. The summed E-state index contributed by atoms with van der Waals surface area (Å²) < 4.78 is 5.61. The van der Waals surface area contributed by atoms with Crippen LogP contribution in [0.5, 0.6) is 5.75 Å². The highest BCUT2D eigenvalue weighted by Crippen LogP contribution is 2.44. The molecule has 1 aliphatic carbocycles. The lowest BCUT2D eigenvalue weighted by molar-refractivity contribution is -0.134. The van der Waals surface area contributed by atoms with E-state index in [1.54, 1.807) is 0 Å². The maximum atomic E-state index is 11.9. The Morgan fingerprint density at radius 1 is 1.04 bits per heavy atom. The molecule has 2 nitrogen and oxygen atoms in total. The van der Waals surface area contributed by atoms with E-state index < -0.39 is 0 Å². The minimum absolute atomic E-state index is 0.157. The van der Waals surface area contributed by atoms with E-state index in [-0.39, 0.29) is 5.97 Å². The van der Waals surface area contributed by atoms with Gasteiger partial charge in [0.15, 0.2) is 0 Å². The topological polar surface area (TPSA) is 26.3 Å². The number of hydrogen-bond acceptors (Lipinski definition) is 2. The highest BCUT2D eigenvalue weighted by atomic mass is 16.5. The molecule has 2 heteroatoms. The molecule has 0 saturated carbocycles. The fourth-order valence-electron chi connectivity index (χ4n) is 3.72. The molecule has 3 aromatic rings. The van der Waals surface area contributed by atoms with Gasteiger partial charge in [0.05, 0.1) is 0 Å². The Balaban J connectivity index is 1.80. The van der Waals surface area contributed by atoms with Crippen LogP contribution in [-0.2, 0) is 11.2 Å². The van der Waals surface area contributed by atoms with Gasteiger partial charge in [0, 0.05) is 17.7 Å². The van der Waals surface area contributed by atoms with Gasteiger partial charge < -0.3 is 4.74 Å². The zero-order valence-electron chi connectivity index (χ0n) is 13.8. The molecule has 0 amide bonds. The number of rotatable bonds is 4. The Morgan fingerprint density at radius 2 is 1.88 bits per heavy atom. The van der Waals surface area contributed by atoms with Crippen molar-refractivity contribution in [2.45, 2.75) is 32.1 Å². The molecule has 0 saturated heterocycles. The van der Waals surface area contributed by atoms with Crippen LogP contribution in [0, 0.1) is 0 Å². The summed E-state index contributed by atoms with van der Waals surface area (Å²) in [6.45, 7) is 1.99. The Bertz CT molecular complexity index is 896. The second-order valence-corrected chi connectivity index (χ2v) is 6.38. The standard InChI is InChI=1S/C22H20O2/c1-2-7-21(23)24-20-13-12-16-14-19(15-8-4-3-5-9-15)17-10-6-11-18(20)22(16)17/h3-6,8-13,19H,2,7,14H2,1H3. The lowest BCUT2D eigenvalue weighted by Gasteiger charge is -2.12. The van der Waals surface area contributed by atoms with Crippen LogP contribution >= 0.6 is 0 Å². The summed E-state index contributed by atoms with van der Waals surface area (Å²) in [6.07, 6.45) is 2.26. The van der Waals surface area contributed by atoms with Crippen LogP contribution in [0.4, 0.5) is 0 Å². The lowest BCUT2D eigenvalue weighted by atomic mass is 9.92. The van der Waals surface area contributed by atoms with Crippen LogP contribution in [0.15, 0.2) is 60.7 Å². The minimum atomic E-state index is -0.157. The smallest absolute Gasteiger partial charge is 0.311 e. The quantitative estimate of drug-likeness (QED) is 0.486. The number of carbonyl (C=O) groups is 1. The van der Waals surface area contributed by atoms with E-state index in [1.165, 1.54) is 22.1 Å². The van der Waals surface area contributed by atoms with Crippen LogP contribution in [0.3, 0.4) is 0 Å². The van der Waals surface area contributed by atoms with Crippen molar-refractivity contribution in [2.75, 3.05) is 0 Å². The summed E-state index contributed by atoms with van der Waals surface area (Å²) in [5.74, 6) is 0.907. The average molecular weight is 316 g/mol. The molecule has 0 aliphatic heterocycles. The first-order valence-electron chi connectivity index (χ1n) is 8.58. The second kappa shape index (κ2) is 6.12. The SMILES string of the molecule is CCCC(=O)Oc1ccc2c3c(cccc13)C(c1ccccc1)C2. The summed E-state index contributed by atoms with van der Waals surface area (Å²) >= 11 is 0. The molecule has 24 heavy (non-hydrogen) atoms. The van der Waals surface area contributed by atoms with Gasteiger partial charge in [-0.2, -0.15) is 0 Å². The third-order valence-electron chi connectivity index (χ3n) is 4.80. The number of ether oxygens (including phenoxy) is 1. The molecule has 0 bridgehead atoms. The number of hydrogen-bond donors (Lipinski definition) is 0. The van der Waals surface area contributed by atoms with Crippen LogP contribution < -0.4 is 4.74 Å². The van der Waals surface area contributed by atoms with Gasteiger partial charge in [0.2, 0.25) is 0 Å². The number of benzene rings is 3. The van der Waals surface area contributed by atoms with Crippen LogP contribution in [0.25, 0.3) is 10.8 Å². The summed E-state index contributed by atoms with van der Waals surface area (Å²) in [7, 11) is 0. The van der Waals surface area contributed by atoms with E-state index in [0.717, 1.165) is 18.2 Å². The van der Waals surface area contributed by atoms with Crippen molar-refractivity contribution in [1.82, 2.24) is 0 Å². The highest BCUT2D eigenvalue weighted by Gasteiger charge is 2.26. The largest absolute Gasteiger partial charge is 0.426 e. The molecular formula is C22H20O2. The third kappa shape index (κ3) is 2.48. The minimum Gasteiger partial charge on any atom is -0.426 e. The zero-order chi connectivity index (χ0) is 16.5. The predicted molar refractivity (Wildman–Crippen MR) is 96.5 cm³/mol. The molecule has 0 heterocycles. The van der Waals surface area contributed by atoms with Gasteiger partial charge >= 0.3 is 5.97 Å². The zero-order valence-corrected chi connectivity index (χ0v) is 13.8.